The molecule has 0 fully saturated rings. The minimum Gasteiger partial charge on any atom is -0.458 e. The van der Waals surface area contributed by atoms with Crippen molar-refractivity contribution in [3.8, 4) is 0 Å². The van der Waals surface area contributed by atoms with Crippen molar-refractivity contribution in [2.75, 3.05) is 6.54 Å². The van der Waals surface area contributed by atoms with Crippen LogP contribution in [-0.2, 0) is 9.53 Å². The predicted molar refractivity (Wildman–Crippen MR) is 276 cm³/mol. The van der Waals surface area contributed by atoms with Gasteiger partial charge in [-0.2, -0.15) is 0 Å². The van der Waals surface area contributed by atoms with E-state index >= 15 is 0 Å². The number of allylic oxidation sites excluding steroid dienone is 2. The Kier molecular flexibility index (Phi) is 32.8. The third kappa shape index (κ3) is 25.6. The number of aliphatic hydroxyl groups is 13. The van der Waals surface area contributed by atoms with Crippen LogP contribution >= 0.6 is 0 Å². The smallest absolute Gasteiger partial charge is 0.333 e. The van der Waals surface area contributed by atoms with E-state index in [0.29, 0.717) is 56.2 Å². The van der Waals surface area contributed by atoms with Gasteiger partial charge in [0.15, 0.2) is 0 Å². The number of aliphatic hydroxyl groups excluding tert-OH is 13. The number of carbonyl (C=O) groups is 1. The van der Waals surface area contributed by atoms with E-state index in [-0.39, 0.29) is 62.7 Å². The number of carbonyl (C=O) groups excluding carboxylic acids is 1. The van der Waals surface area contributed by atoms with Crippen molar-refractivity contribution < 1.29 is 75.9 Å². The molecule has 0 spiro atoms. The third-order valence-corrected chi connectivity index (χ3v) is 14.8. The molecular weight excluding hydrogens is 915 g/mol. The van der Waals surface area contributed by atoms with E-state index in [1.807, 2.05) is 26.0 Å². The average Bonchev–Trinajstić information content (AvgIpc) is 3.32. The van der Waals surface area contributed by atoms with Crippen molar-refractivity contribution in [3.05, 3.63) is 59.8 Å². The maximum Gasteiger partial charge on any atom is 0.333 e. The van der Waals surface area contributed by atoms with Gasteiger partial charge in [0.2, 0.25) is 0 Å². The molecular formula is C55H99NO15. The highest BCUT2D eigenvalue weighted by Gasteiger charge is 2.34. The largest absolute Gasteiger partial charge is 0.458 e. The molecule has 0 saturated carbocycles. The molecule has 1 aliphatic heterocycles. The van der Waals surface area contributed by atoms with Crippen molar-refractivity contribution >= 4 is 5.97 Å². The molecule has 15 N–H and O–H groups in total. The lowest BCUT2D eigenvalue weighted by Gasteiger charge is -2.33. The number of rotatable bonds is 5. The minimum atomic E-state index is -1.25. The summed E-state index contributed by atoms with van der Waals surface area (Å²) in [4.78, 5) is 13.4. The molecule has 16 nitrogen and oxygen atoms in total. The summed E-state index contributed by atoms with van der Waals surface area (Å²) in [7, 11) is 0. The van der Waals surface area contributed by atoms with Gasteiger partial charge in [0, 0.05) is 53.9 Å². The molecule has 0 bridgehead atoms. The van der Waals surface area contributed by atoms with Crippen molar-refractivity contribution in [1.29, 1.82) is 0 Å². The van der Waals surface area contributed by atoms with Crippen LogP contribution in [0.2, 0.25) is 0 Å². The zero-order valence-corrected chi connectivity index (χ0v) is 44.4. The average molecular weight is 1010 g/mol. The molecule has 0 aliphatic carbocycles. The monoisotopic (exact) mass is 1010 g/mol. The number of hydrogen-bond acceptors (Lipinski definition) is 16. The molecule has 0 aromatic rings. The maximum absolute atomic E-state index is 13.4. The fraction of sp³-hybridized carbons (Fsp3) is 0.800. The topological polar surface area (TPSA) is 315 Å². The Morgan fingerprint density at radius 3 is 1.79 bits per heavy atom. The first-order valence-corrected chi connectivity index (χ1v) is 26.3. The Balaban J connectivity index is 3.29. The van der Waals surface area contributed by atoms with Gasteiger partial charge in [0.25, 0.3) is 0 Å². The first-order valence-electron chi connectivity index (χ1n) is 26.3. The van der Waals surface area contributed by atoms with Gasteiger partial charge in [-0.15, -0.1) is 0 Å². The Labute approximate surface area is 425 Å². The van der Waals surface area contributed by atoms with E-state index < -0.39 is 115 Å². The van der Waals surface area contributed by atoms with Gasteiger partial charge in [-0.3, -0.25) is 0 Å². The van der Waals surface area contributed by atoms with Gasteiger partial charge in [0.05, 0.1) is 79.4 Å². The SMILES string of the molecule is C/C1=C\CCC(C)C(O)C(C)C(O)CC/C=C/C(C)C(O)/C=C/C(C)C(O)/C(C)=C/CC(O)CC(O)CC(O)CC(O)C(C)C(O)C(C)C(O)CC(O)CC(O)/C=C\CC(C(C)C(O)CCCN)OC1=O. The molecule has 1 heterocycles. The molecule has 16 heteroatoms. The normalized spacial score (nSPS) is 42.0. The standard InChI is InChI=1S/C55H99NO15/c1-32-15-10-11-19-48(64)38(7)53(68)33(2)16-12-17-36(5)55(70)71-51(37(6)47(63)20-14-26-56)21-13-18-41(57)27-44(60)30-49(65)39(8)54(69)40(9)50(66)31-45(61)29-43(59)28-42(58)24-22-34(3)52(67)35(4)23-25-46(32)62/h10,13,15,17-18,22-23,25,32-33,35,37-54,57-69H,11-12,14,16,19-21,24,26-31,56H2,1-9H3/b15-10+,18-13-,25-23+,34-22+,36-17+. The van der Waals surface area contributed by atoms with Gasteiger partial charge in [-0.25, -0.2) is 4.79 Å². The summed E-state index contributed by atoms with van der Waals surface area (Å²) < 4.78 is 5.91. The summed E-state index contributed by atoms with van der Waals surface area (Å²) in [6.07, 6.45) is 1.45. The lowest BCUT2D eigenvalue weighted by molar-refractivity contribution is -0.148. The molecule has 0 saturated heterocycles. The Bertz CT molecular complexity index is 1610. The first kappa shape index (κ1) is 66.6. The van der Waals surface area contributed by atoms with E-state index in [1.54, 1.807) is 78.8 Å². The third-order valence-electron chi connectivity index (χ3n) is 14.8. The second-order valence-corrected chi connectivity index (χ2v) is 21.3. The number of ether oxygens (including phenoxy) is 1. The number of nitrogens with two attached hydrogens (primary N) is 1. The van der Waals surface area contributed by atoms with Gasteiger partial charge in [-0.05, 0) is 103 Å². The van der Waals surface area contributed by atoms with E-state index in [0.717, 1.165) is 0 Å². The molecule has 21 atom stereocenters. The molecule has 71 heavy (non-hydrogen) atoms. The second kappa shape index (κ2) is 35.0. The van der Waals surface area contributed by atoms with Gasteiger partial charge in [-0.1, -0.05) is 97.1 Å². The summed E-state index contributed by atoms with van der Waals surface area (Å²) in [5.74, 6) is -4.04. The van der Waals surface area contributed by atoms with Crippen LogP contribution in [-0.4, -0.2) is 164 Å². The van der Waals surface area contributed by atoms with Crippen molar-refractivity contribution in [2.45, 2.75) is 231 Å². The fourth-order valence-corrected chi connectivity index (χ4v) is 9.04. The number of hydrogen-bond donors (Lipinski definition) is 14. The van der Waals surface area contributed by atoms with Crippen LogP contribution in [0.15, 0.2) is 59.8 Å². The molecule has 0 amide bonds. The predicted octanol–water partition coefficient (Wildman–Crippen LogP) is 3.65. The van der Waals surface area contributed by atoms with Crippen molar-refractivity contribution in [2.24, 2.45) is 47.2 Å². The zero-order chi connectivity index (χ0) is 54.1. The Hall–Kier alpha value is -2.39. The minimum absolute atomic E-state index is 0.0834. The first-order chi connectivity index (χ1) is 33.2. The zero-order valence-electron chi connectivity index (χ0n) is 44.4. The lowest BCUT2D eigenvalue weighted by Crippen LogP contribution is -2.41. The van der Waals surface area contributed by atoms with Gasteiger partial charge >= 0.3 is 5.97 Å². The summed E-state index contributed by atoms with van der Waals surface area (Å²) >= 11 is 0. The van der Waals surface area contributed by atoms with E-state index in [1.165, 1.54) is 6.08 Å². The molecule has 414 valence electrons. The number of esters is 1. The molecule has 0 aromatic heterocycles. The van der Waals surface area contributed by atoms with Crippen molar-refractivity contribution in [1.82, 2.24) is 0 Å². The summed E-state index contributed by atoms with van der Waals surface area (Å²) in [5, 5.41) is 141. The van der Waals surface area contributed by atoms with E-state index in [4.69, 9.17) is 10.5 Å². The highest BCUT2D eigenvalue weighted by atomic mass is 16.5. The van der Waals surface area contributed by atoms with Crippen LogP contribution in [0.25, 0.3) is 0 Å². The lowest BCUT2D eigenvalue weighted by atomic mass is 9.82. The van der Waals surface area contributed by atoms with Crippen LogP contribution < -0.4 is 5.73 Å². The summed E-state index contributed by atoms with van der Waals surface area (Å²) in [6, 6.07) is 0. The fourth-order valence-electron chi connectivity index (χ4n) is 9.04. The second-order valence-electron chi connectivity index (χ2n) is 21.3. The highest BCUT2D eigenvalue weighted by molar-refractivity contribution is 5.87. The summed E-state index contributed by atoms with van der Waals surface area (Å²) in [6.45, 7) is 15.9. The van der Waals surface area contributed by atoms with Crippen LogP contribution in [0, 0.1) is 41.4 Å². The number of cyclic esters (lactones) is 1. The molecule has 21 unspecified atom stereocenters. The molecule has 0 aromatic carbocycles. The Morgan fingerprint density at radius 1 is 0.620 bits per heavy atom. The van der Waals surface area contributed by atoms with Gasteiger partial charge in [0.1, 0.15) is 6.10 Å². The molecule has 1 rings (SSSR count). The van der Waals surface area contributed by atoms with E-state index in [2.05, 4.69) is 0 Å². The highest BCUT2D eigenvalue weighted by Crippen LogP contribution is 2.28. The molecule has 1 aliphatic rings. The maximum atomic E-state index is 13.4. The molecule has 0 radical (unpaired) electrons. The van der Waals surface area contributed by atoms with E-state index in [9.17, 15) is 71.2 Å². The quantitative estimate of drug-likeness (QED) is 0.138. The Morgan fingerprint density at radius 2 is 1.18 bits per heavy atom. The van der Waals surface area contributed by atoms with Crippen LogP contribution in [0.1, 0.15) is 146 Å². The summed E-state index contributed by atoms with van der Waals surface area (Å²) in [5.41, 5.74) is 6.60. The van der Waals surface area contributed by atoms with Crippen LogP contribution in [0.5, 0.6) is 0 Å². The van der Waals surface area contributed by atoms with Crippen molar-refractivity contribution in [3.63, 3.8) is 0 Å². The van der Waals surface area contributed by atoms with Crippen LogP contribution in [0.4, 0.5) is 0 Å². The van der Waals surface area contributed by atoms with Gasteiger partial charge < -0.3 is 76.9 Å². The van der Waals surface area contributed by atoms with Crippen LogP contribution in [0.3, 0.4) is 0 Å².